The van der Waals surface area contributed by atoms with Gasteiger partial charge in [0.05, 0.1) is 12.2 Å². The number of nitrogens with two attached hydrogens (primary N) is 1. The number of rotatable bonds is 0. The van der Waals surface area contributed by atoms with Gasteiger partial charge in [0.15, 0.2) is 0 Å². The highest BCUT2D eigenvalue weighted by molar-refractivity contribution is 4.91. The fourth-order valence-corrected chi connectivity index (χ4v) is 1.58. The van der Waals surface area contributed by atoms with Crippen molar-refractivity contribution in [3.8, 4) is 0 Å². The number of hydrogen-bond donors (Lipinski definition) is 2. The van der Waals surface area contributed by atoms with Gasteiger partial charge >= 0.3 is 0 Å². The van der Waals surface area contributed by atoms with Crippen LogP contribution in [0.3, 0.4) is 0 Å². The lowest BCUT2D eigenvalue weighted by Crippen LogP contribution is -2.42. The van der Waals surface area contributed by atoms with Gasteiger partial charge in [-0.3, -0.25) is 0 Å². The van der Waals surface area contributed by atoms with E-state index in [-0.39, 0.29) is 6.04 Å². The maximum atomic E-state index is 5.75. The minimum Gasteiger partial charge on any atom is -0.371 e. The van der Waals surface area contributed by atoms with Crippen LogP contribution in [-0.4, -0.2) is 31.3 Å². The summed E-state index contributed by atoms with van der Waals surface area (Å²) < 4.78 is 5.52. The third kappa shape index (κ3) is 0.852. The lowest BCUT2D eigenvalue weighted by atomic mass is 10.1. The third-order valence-electron chi connectivity index (χ3n) is 2.10. The van der Waals surface area contributed by atoms with E-state index in [0.29, 0.717) is 12.2 Å². The van der Waals surface area contributed by atoms with E-state index in [4.69, 9.17) is 10.5 Å². The Morgan fingerprint density at radius 2 is 2.33 bits per heavy atom. The van der Waals surface area contributed by atoms with Crippen LogP contribution in [0.5, 0.6) is 0 Å². The van der Waals surface area contributed by atoms with E-state index in [1.807, 2.05) is 0 Å². The molecule has 2 heterocycles. The minimum absolute atomic E-state index is 0.282. The molecule has 0 aromatic heterocycles. The molecular formula is C6H12N2O. The van der Waals surface area contributed by atoms with E-state index in [0.717, 1.165) is 19.5 Å². The SMILES string of the molecule is N[C@H]1C[C@@H]2CNC[C@H]1O2. The molecule has 9 heavy (non-hydrogen) atoms. The Morgan fingerprint density at radius 1 is 1.44 bits per heavy atom. The van der Waals surface area contributed by atoms with Gasteiger partial charge in [-0.05, 0) is 6.42 Å². The van der Waals surface area contributed by atoms with Gasteiger partial charge in [-0.25, -0.2) is 0 Å². The number of hydrogen-bond acceptors (Lipinski definition) is 3. The zero-order valence-electron chi connectivity index (χ0n) is 5.34. The molecule has 0 aromatic rings. The molecule has 3 atom stereocenters. The van der Waals surface area contributed by atoms with E-state index in [1.165, 1.54) is 0 Å². The fourth-order valence-electron chi connectivity index (χ4n) is 1.58. The van der Waals surface area contributed by atoms with E-state index in [1.54, 1.807) is 0 Å². The minimum atomic E-state index is 0.282. The Bertz CT molecular complexity index is 116. The molecule has 3 nitrogen and oxygen atoms in total. The first-order valence-electron chi connectivity index (χ1n) is 3.48. The summed E-state index contributed by atoms with van der Waals surface area (Å²) in [5.41, 5.74) is 5.75. The van der Waals surface area contributed by atoms with Gasteiger partial charge in [0.25, 0.3) is 0 Å². The van der Waals surface area contributed by atoms with Gasteiger partial charge in [0, 0.05) is 19.1 Å². The van der Waals surface area contributed by atoms with Crippen LogP contribution in [0.1, 0.15) is 6.42 Å². The van der Waals surface area contributed by atoms with Crippen LogP contribution in [-0.2, 0) is 4.74 Å². The maximum absolute atomic E-state index is 5.75. The topological polar surface area (TPSA) is 47.3 Å². The molecule has 2 bridgehead atoms. The van der Waals surface area contributed by atoms with Gasteiger partial charge in [0.2, 0.25) is 0 Å². The molecule has 2 rings (SSSR count). The molecule has 0 amide bonds. The molecule has 0 spiro atoms. The van der Waals surface area contributed by atoms with Crippen LogP contribution in [0, 0.1) is 0 Å². The van der Waals surface area contributed by atoms with Crippen LogP contribution in [0.4, 0.5) is 0 Å². The maximum Gasteiger partial charge on any atom is 0.0855 e. The molecule has 0 saturated carbocycles. The number of nitrogens with one attached hydrogen (secondary N) is 1. The lowest BCUT2D eigenvalue weighted by Gasteiger charge is -2.21. The molecule has 0 unspecified atom stereocenters. The van der Waals surface area contributed by atoms with Crippen molar-refractivity contribution >= 4 is 0 Å². The predicted octanol–water partition coefficient (Wildman–Crippen LogP) is -0.926. The van der Waals surface area contributed by atoms with E-state index < -0.39 is 0 Å². The molecule has 0 radical (unpaired) electrons. The van der Waals surface area contributed by atoms with Crippen molar-refractivity contribution in [3.63, 3.8) is 0 Å². The first kappa shape index (κ1) is 5.65. The molecule has 2 saturated heterocycles. The van der Waals surface area contributed by atoms with E-state index in [2.05, 4.69) is 5.32 Å². The standard InChI is InChI=1S/C6H12N2O/c7-5-1-4-2-8-3-6(5)9-4/h4-6,8H,1-3,7H2/t4-,5+,6-/m1/s1. The summed E-state index contributed by atoms with van der Waals surface area (Å²) in [7, 11) is 0. The van der Waals surface area contributed by atoms with Gasteiger partial charge < -0.3 is 15.8 Å². The van der Waals surface area contributed by atoms with Crippen molar-refractivity contribution in [3.05, 3.63) is 0 Å². The summed E-state index contributed by atoms with van der Waals surface area (Å²) in [6, 6.07) is 0.282. The summed E-state index contributed by atoms with van der Waals surface area (Å²) in [4.78, 5) is 0. The first-order chi connectivity index (χ1) is 4.36. The molecule has 3 N–H and O–H groups in total. The highest BCUT2D eigenvalue weighted by atomic mass is 16.5. The quantitative estimate of drug-likeness (QED) is 0.443. The average molecular weight is 128 g/mol. The predicted molar refractivity (Wildman–Crippen MR) is 34.1 cm³/mol. The zero-order valence-corrected chi connectivity index (χ0v) is 5.34. The molecule has 0 aromatic carbocycles. The first-order valence-corrected chi connectivity index (χ1v) is 3.48. The van der Waals surface area contributed by atoms with Gasteiger partial charge in [-0.1, -0.05) is 0 Å². The monoisotopic (exact) mass is 128 g/mol. The summed E-state index contributed by atoms with van der Waals surface area (Å²) in [6.45, 7) is 1.93. The van der Waals surface area contributed by atoms with Crippen LogP contribution < -0.4 is 11.1 Å². The summed E-state index contributed by atoms with van der Waals surface area (Å²) in [6.07, 6.45) is 1.74. The van der Waals surface area contributed by atoms with Crippen LogP contribution in [0.25, 0.3) is 0 Å². The smallest absolute Gasteiger partial charge is 0.0855 e. The zero-order chi connectivity index (χ0) is 6.27. The third-order valence-corrected chi connectivity index (χ3v) is 2.10. The second-order valence-corrected chi connectivity index (χ2v) is 2.85. The van der Waals surface area contributed by atoms with Crippen molar-refractivity contribution in [1.82, 2.24) is 5.32 Å². The van der Waals surface area contributed by atoms with Crippen LogP contribution in [0.15, 0.2) is 0 Å². The van der Waals surface area contributed by atoms with Gasteiger partial charge in [0.1, 0.15) is 0 Å². The molecule has 2 aliphatic heterocycles. The average Bonchev–Trinajstić information content (AvgIpc) is 2.09. The lowest BCUT2D eigenvalue weighted by molar-refractivity contribution is 0.0153. The largest absolute Gasteiger partial charge is 0.371 e. The second-order valence-electron chi connectivity index (χ2n) is 2.85. The fraction of sp³-hybridized carbons (Fsp3) is 1.00. The van der Waals surface area contributed by atoms with Crippen molar-refractivity contribution in [2.45, 2.75) is 24.7 Å². The van der Waals surface area contributed by atoms with E-state index in [9.17, 15) is 0 Å². The van der Waals surface area contributed by atoms with Crippen molar-refractivity contribution in [2.75, 3.05) is 13.1 Å². The summed E-state index contributed by atoms with van der Waals surface area (Å²) in [5, 5.41) is 3.27. The molecule has 2 fully saturated rings. The van der Waals surface area contributed by atoms with Crippen molar-refractivity contribution in [2.24, 2.45) is 5.73 Å². The van der Waals surface area contributed by atoms with Crippen molar-refractivity contribution < 1.29 is 4.74 Å². The Hall–Kier alpha value is -0.120. The Kier molecular flexibility index (Phi) is 1.22. The number of ether oxygens (including phenoxy) is 1. The Labute approximate surface area is 54.6 Å². The highest BCUT2D eigenvalue weighted by Gasteiger charge is 2.35. The molecular weight excluding hydrogens is 116 g/mol. The van der Waals surface area contributed by atoms with Gasteiger partial charge in [-0.15, -0.1) is 0 Å². The number of fused-ring (bicyclic) bond motifs is 2. The van der Waals surface area contributed by atoms with Gasteiger partial charge in [-0.2, -0.15) is 0 Å². The molecule has 52 valence electrons. The molecule has 0 aliphatic carbocycles. The number of morpholine rings is 1. The Morgan fingerprint density at radius 3 is 3.00 bits per heavy atom. The summed E-state index contributed by atoms with van der Waals surface area (Å²) in [5.74, 6) is 0. The van der Waals surface area contributed by atoms with Crippen LogP contribution >= 0.6 is 0 Å². The summed E-state index contributed by atoms with van der Waals surface area (Å²) >= 11 is 0. The molecule has 3 heteroatoms. The normalized spacial score (nSPS) is 49.7. The Balaban J connectivity index is 2.07. The molecule has 2 aliphatic rings. The van der Waals surface area contributed by atoms with Crippen LogP contribution in [0.2, 0.25) is 0 Å². The second kappa shape index (κ2) is 1.94. The highest BCUT2D eigenvalue weighted by Crippen LogP contribution is 2.20. The van der Waals surface area contributed by atoms with Crippen molar-refractivity contribution in [1.29, 1.82) is 0 Å². The van der Waals surface area contributed by atoms with E-state index >= 15 is 0 Å².